The predicted octanol–water partition coefficient (Wildman–Crippen LogP) is 0.0962. The van der Waals surface area contributed by atoms with Gasteiger partial charge in [-0.3, -0.25) is 5.10 Å². The van der Waals surface area contributed by atoms with E-state index in [-0.39, 0.29) is 13.0 Å². The molecule has 1 aromatic carbocycles. The fourth-order valence-corrected chi connectivity index (χ4v) is 2.79. The molecular weight excluding hydrogens is 306 g/mol. The monoisotopic (exact) mass is 318 g/mol. The normalized spacial score (nSPS) is 11.8. The number of hydrogen-bond donors (Lipinski definition) is 3. The van der Waals surface area contributed by atoms with Crippen LogP contribution >= 0.6 is 0 Å². The minimum atomic E-state index is -4.16. The minimum Gasteiger partial charge on any atom is -0.391 e. The molecule has 0 unspecified atom stereocenters. The van der Waals surface area contributed by atoms with Gasteiger partial charge in [0.25, 0.3) is 0 Å². The summed E-state index contributed by atoms with van der Waals surface area (Å²) in [5, 5.41) is 15.0. The summed E-state index contributed by atoms with van der Waals surface area (Å²) >= 11 is 0. The molecule has 1 heterocycles. The number of aromatic amines is 1. The topological polar surface area (TPSA) is 108 Å². The van der Waals surface area contributed by atoms with Gasteiger partial charge in [-0.25, -0.2) is 26.9 Å². The van der Waals surface area contributed by atoms with E-state index in [1.54, 1.807) is 0 Å². The van der Waals surface area contributed by atoms with Crippen molar-refractivity contribution >= 4 is 10.0 Å². The number of halogens is 2. The molecule has 0 fully saturated rings. The summed E-state index contributed by atoms with van der Waals surface area (Å²) in [7, 11) is -4.16. The number of rotatable bonds is 6. The summed E-state index contributed by atoms with van der Waals surface area (Å²) in [5.41, 5.74) is -0.687. The minimum absolute atomic E-state index is 0.0389. The van der Waals surface area contributed by atoms with E-state index in [1.807, 2.05) is 0 Å². The lowest BCUT2D eigenvalue weighted by Gasteiger charge is -2.09. The van der Waals surface area contributed by atoms with Crippen molar-refractivity contribution in [3.63, 3.8) is 0 Å². The van der Waals surface area contributed by atoms with Crippen molar-refractivity contribution in [2.75, 3.05) is 6.54 Å². The standard InChI is InChI=1S/C11H12F2N4O3S/c12-8-1-2-9(11(13)7(8)5-18)21(19,20)16-4-3-10-14-6-15-17-10/h1-2,6,16,18H,3-5H2,(H,14,15,17). The van der Waals surface area contributed by atoms with E-state index >= 15 is 0 Å². The fraction of sp³-hybridized carbons (Fsp3) is 0.273. The first-order valence-electron chi connectivity index (χ1n) is 5.87. The highest BCUT2D eigenvalue weighted by Gasteiger charge is 2.23. The highest BCUT2D eigenvalue weighted by atomic mass is 32.2. The number of benzene rings is 1. The number of sulfonamides is 1. The maximum atomic E-state index is 13.9. The molecule has 2 aromatic rings. The highest BCUT2D eigenvalue weighted by Crippen LogP contribution is 2.20. The van der Waals surface area contributed by atoms with Crippen molar-refractivity contribution in [3.8, 4) is 0 Å². The van der Waals surface area contributed by atoms with Crippen LogP contribution in [-0.4, -0.2) is 35.3 Å². The van der Waals surface area contributed by atoms with Gasteiger partial charge in [-0.05, 0) is 12.1 Å². The molecule has 0 amide bonds. The first-order valence-corrected chi connectivity index (χ1v) is 7.35. The largest absolute Gasteiger partial charge is 0.391 e. The predicted molar refractivity (Wildman–Crippen MR) is 67.6 cm³/mol. The second-order valence-corrected chi connectivity index (χ2v) is 5.81. The van der Waals surface area contributed by atoms with E-state index < -0.39 is 38.7 Å². The van der Waals surface area contributed by atoms with Crippen molar-refractivity contribution in [2.45, 2.75) is 17.9 Å². The fourth-order valence-electron chi connectivity index (χ4n) is 1.66. The van der Waals surface area contributed by atoms with Gasteiger partial charge < -0.3 is 5.11 Å². The second kappa shape index (κ2) is 6.24. The molecule has 0 bridgehead atoms. The molecule has 0 aliphatic carbocycles. The van der Waals surface area contributed by atoms with Crippen LogP contribution in [0.15, 0.2) is 23.4 Å². The van der Waals surface area contributed by atoms with Crippen LogP contribution in [-0.2, 0) is 23.1 Å². The third-order valence-electron chi connectivity index (χ3n) is 2.72. The average Bonchev–Trinajstić information content (AvgIpc) is 2.92. The molecule has 0 radical (unpaired) electrons. The van der Waals surface area contributed by atoms with Gasteiger partial charge in [0.2, 0.25) is 10.0 Å². The van der Waals surface area contributed by atoms with Gasteiger partial charge in [-0.15, -0.1) is 0 Å². The van der Waals surface area contributed by atoms with Gasteiger partial charge in [-0.1, -0.05) is 0 Å². The summed E-state index contributed by atoms with van der Waals surface area (Å²) in [6, 6.07) is 1.60. The van der Waals surface area contributed by atoms with Crippen molar-refractivity contribution in [1.29, 1.82) is 0 Å². The van der Waals surface area contributed by atoms with Crippen LogP contribution in [0.5, 0.6) is 0 Å². The van der Waals surface area contributed by atoms with Gasteiger partial charge in [0.1, 0.15) is 22.9 Å². The number of H-pyrrole nitrogens is 1. The molecule has 2 rings (SSSR count). The van der Waals surface area contributed by atoms with E-state index in [9.17, 15) is 17.2 Å². The second-order valence-electron chi connectivity index (χ2n) is 4.08. The average molecular weight is 318 g/mol. The Labute approximate surface area is 119 Å². The smallest absolute Gasteiger partial charge is 0.243 e. The number of aliphatic hydroxyl groups excluding tert-OH is 1. The van der Waals surface area contributed by atoms with E-state index in [2.05, 4.69) is 19.9 Å². The Morgan fingerprint density at radius 1 is 1.33 bits per heavy atom. The first-order chi connectivity index (χ1) is 9.95. The molecule has 0 saturated carbocycles. The first kappa shape index (κ1) is 15.5. The van der Waals surface area contributed by atoms with Crippen LogP contribution < -0.4 is 4.72 Å². The Bertz CT molecular complexity index is 719. The summed E-state index contributed by atoms with van der Waals surface area (Å²) in [5.74, 6) is -1.84. The number of nitrogens with one attached hydrogen (secondary N) is 2. The third-order valence-corrected chi connectivity index (χ3v) is 4.20. The van der Waals surface area contributed by atoms with E-state index in [0.29, 0.717) is 5.82 Å². The lowest BCUT2D eigenvalue weighted by Crippen LogP contribution is -2.27. The number of aromatic nitrogens is 3. The zero-order valence-corrected chi connectivity index (χ0v) is 11.5. The van der Waals surface area contributed by atoms with E-state index in [0.717, 1.165) is 12.1 Å². The van der Waals surface area contributed by atoms with Crippen molar-refractivity contribution < 1.29 is 22.3 Å². The molecule has 0 saturated heterocycles. The van der Waals surface area contributed by atoms with Crippen LogP contribution in [0, 0.1) is 11.6 Å². The van der Waals surface area contributed by atoms with E-state index in [4.69, 9.17) is 5.11 Å². The quantitative estimate of drug-likeness (QED) is 0.700. The van der Waals surface area contributed by atoms with Gasteiger partial charge in [0.15, 0.2) is 5.82 Å². The Kier molecular flexibility index (Phi) is 4.60. The molecule has 10 heteroatoms. The molecule has 7 nitrogen and oxygen atoms in total. The van der Waals surface area contributed by atoms with Gasteiger partial charge in [0.05, 0.1) is 12.2 Å². The zero-order valence-electron chi connectivity index (χ0n) is 10.7. The highest BCUT2D eigenvalue weighted by molar-refractivity contribution is 7.89. The van der Waals surface area contributed by atoms with Crippen LogP contribution in [0.1, 0.15) is 11.4 Å². The van der Waals surface area contributed by atoms with Crippen LogP contribution in [0.25, 0.3) is 0 Å². The molecule has 3 N–H and O–H groups in total. The van der Waals surface area contributed by atoms with Crippen LogP contribution in [0.4, 0.5) is 8.78 Å². The molecule has 21 heavy (non-hydrogen) atoms. The SMILES string of the molecule is O=S(=O)(NCCc1ncn[nH]1)c1ccc(F)c(CO)c1F. The molecule has 1 aromatic heterocycles. The molecular formula is C11H12F2N4O3S. The maximum Gasteiger partial charge on any atom is 0.243 e. The lowest BCUT2D eigenvalue weighted by molar-refractivity contribution is 0.267. The van der Waals surface area contributed by atoms with Gasteiger partial charge in [0, 0.05) is 13.0 Å². The number of aliphatic hydroxyl groups is 1. The number of hydrogen-bond acceptors (Lipinski definition) is 5. The summed E-state index contributed by atoms with van der Waals surface area (Å²) in [4.78, 5) is 3.09. The van der Waals surface area contributed by atoms with E-state index in [1.165, 1.54) is 6.33 Å². The molecule has 0 atom stereocenters. The van der Waals surface area contributed by atoms with Crippen molar-refractivity contribution in [3.05, 3.63) is 41.5 Å². The molecule has 0 aliphatic rings. The van der Waals surface area contributed by atoms with Crippen LogP contribution in [0.2, 0.25) is 0 Å². The summed E-state index contributed by atoms with van der Waals surface area (Å²) < 4.78 is 53.2. The Morgan fingerprint density at radius 2 is 2.10 bits per heavy atom. The summed E-state index contributed by atoms with van der Waals surface area (Å²) in [6.45, 7) is -0.970. The van der Waals surface area contributed by atoms with Crippen LogP contribution in [0.3, 0.4) is 0 Å². The Hall–Kier alpha value is -1.91. The van der Waals surface area contributed by atoms with Gasteiger partial charge >= 0.3 is 0 Å². The van der Waals surface area contributed by atoms with Crippen molar-refractivity contribution in [1.82, 2.24) is 19.9 Å². The third kappa shape index (κ3) is 3.40. The lowest BCUT2D eigenvalue weighted by atomic mass is 10.2. The Balaban J connectivity index is 2.16. The molecule has 0 spiro atoms. The number of nitrogens with zero attached hydrogens (tertiary/aromatic N) is 2. The Morgan fingerprint density at radius 3 is 2.71 bits per heavy atom. The van der Waals surface area contributed by atoms with Gasteiger partial charge in [-0.2, -0.15) is 5.10 Å². The zero-order chi connectivity index (χ0) is 15.5. The maximum absolute atomic E-state index is 13.9. The summed E-state index contributed by atoms with van der Waals surface area (Å²) in [6.07, 6.45) is 1.51. The van der Waals surface area contributed by atoms with Crippen molar-refractivity contribution in [2.24, 2.45) is 0 Å². The molecule has 0 aliphatic heterocycles. The molecule has 114 valence electrons.